The smallest absolute Gasteiger partial charge is 0.139 e. The van der Waals surface area contributed by atoms with Gasteiger partial charge in [-0.1, -0.05) is 12.2 Å². The van der Waals surface area contributed by atoms with Crippen LogP contribution in [-0.2, 0) is 0 Å². The number of anilines is 1. The number of thiocarbonyl (C=S) groups is 1. The fraction of sp³-hybridized carbons (Fsp3) is 0.600. The fourth-order valence-electron chi connectivity index (χ4n) is 3.01. The molecule has 20 heavy (non-hydrogen) atoms. The van der Waals surface area contributed by atoms with Crippen LogP contribution in [-0.4, -0.2) is 48.1 Å². The first-order chi connectivity index (χ1) is 9.40. The van der Waals surface area contributed by atoms with E-state index < -0.39 is 0 Å². The maximum atomic E-state index is 5.91. The van der Waals surface area contributed by atoms with E-state index in [0.717, 1.165) is 29.2 Å². The lowest BCUT2D eigenvalue weighted by atomic mass is 10.0. The predicted octanol–water partition coefficient (Wildman–Crippen LogP) is 1.86. The molecule has 110 valence electrons. The van der Waals surface area contributed by atoms with Gasteiger partial charge in [0.2, 0.25) is 0 Å². The lowest BCUT2D eigenvalue weighted by Gasteiger charge is -2.37. The van der Waals surface area contributed by atoms with Crippen molar-refractivity contribution in [1.82, 2.24) is 9.88 Å². The van der Waals surface area contributed by atoms with E-state index in [9.17, 15) is 0 Å². The standard InChI is InChI=1S/C15H24N4S/c1-10-8-11(2)17-15(13(10)14(16)20)19(4)12-6-5-7-18(3)9-12/h8,12H,5-7,9H2,1-4H3,(H2,16,20). The van der Waals surface area contributed by atoms with Gasteiger partial charge in [0, 0.05) is 25.3 Å². The number of hydrogen-bond acceptors (Lipinski definition) is 4. The van der Waals surface area contributed by atoms with Crippen LogP contribution in [0.3, 0.4) is 0 Å². The third-order valence-electron chi connectivity index (χ3n) is 4.05. The van der Waals surface area contributed by atoms with Crippen LogP contribution in [0.1, 0.15) is 29.7 Å². The summed E-state index contributed by atoms with van der Waals surface area (Å²) in [5.41, 5.74) is 8.95. The van der Waals surface area contributed by atoms with Crippen molar-refractivity contribution in [2.75, 3.05) is 32.1 Å². The SMILES string of the molecule is Cc1cc(C)c(C(N)=S)c(N(C)C2CCCN(C)C2)n1. The minimum absolute atomic E-state index is 0.431. The fourth-order valence-corrected chi connectivity index (χ4v) is 3.26. The predicted molar refractivity (Wildman–Crippen MR) is 88.5 cm³/mol. The maximum Gasteiger partial charge on any atom is 0.139 e. The Hall–Kier alpha value is -1.20. The second-order valence-electron chi connectivity index (χ2n) is 5.81. The highest BCUT2D eigenvalue weighted by atomic mass is 32.1. The van der Waals surface area contributed by atoms with E-state index in [-0.39, 0.29) is 0 Å². The number of aryl methyl sites for hydroxylation is 2. The molecule has 0 aromatic carbocycles. The van der Waals surface area contributed by atoms with Gasteiger partial charge in [-0.2, -0.15) is 0 Å². The normalized spacial score (nSPS) is 19.9. The molecule has 1 aliphatic heterocycles. The number of likely N-dealkylation sites (N-methyl/N-ethyl adjacent to an activating group) is 2. The van der Waals surface area contributed by atoms with Crippen LogP contribution in [0.2, 0.25) is 0 Å². The van der Waals surface area contributed by atoms with Gasteiger partial charge in [0.15, 0.2) is 0 Å². The second kappa shape index (κ2) is 6.06. The van der Waals surface area contributed by atoms with E-state index in [0.29, 0.717) is 11.0 Å². The summed E-state index contributed by atoms with van der Waals surface area (Å²) < 4.78 is 0. The molecule has 0 radical (unpaired) electrons. The summed E-state index contributed by atoms with van der Waals surface area (Å²) in [5, 5.41) is 0. The quantitative estimate of drug-likeness (QED) is 0.862. The van der Waals surface area contributed by atoms with Crippen molar-refractivity contribution in [2.24, 2.45) is 5.73 Å². The summed E-state index contributed by atoms with van der Waals surface area (Å²) >= 11 is 5.22. The van der Waals surface area contributed by atoms with Crippen LogP contribution in [0.25, 0.3) is 0 Å². The summed E-state index contributed by atoms with van der Waals surface area (Å²) in [5.74, 6) is 0.926. The molecule has 1 aromatic heterocycles. The second-order valence-corrected chi connectivity index (χ2v) is 6.25. The number of pyridine rings is 1. The molecule has 0 aliphatic carbocycles. The van der Waals surface area contributed by atoms with Crippen LogP contribution in [0.5, 0.6) is 0 Å². The van der Waals surface area contributed by atoms with E-state index in [1.165, 1.54) is 19.4 Å². The highest BCUT2D eigenvalue weighted by Gasteiger charge is 2.25. The first-order valence-corrected chi connectivity index (χ1v) is 7.50. The average molecular weight is 292 g/mol. The zero-order chi connectivity index (χ0) is 14.9. The Morgan fingerprint density at radius 1 is 1.50 bits per heavy atom. The lowest BCUT2D eigenvalue weighted by Crippen LogP contribution is -2.46. The van der Waals surface area contributed by atoms with Crippen LogP contribution >= 0.6 is 12.2 Å². The van der Waals surface area contributed by atoms with Crippen LogP contribution in [0.15, 0.2) is 6.07 Å². The number of nitrogens with zero attached hydrogens (tertiary/aromatic N) is 3. The van der Waals surface area contributed by atoms with Crippen LogP contribution in [0.4, 0.5) is 5.82 Å². The number of likely N-dealkylation sites (tertiary alicyclic amines) is 1. The molecule has 1 fully saturated rings. The molecular formula is C15H24N4S. The van der Waals surface area contributed by atoms with Crippen molar-refractivity contribution in [3.63, 3.8) is 0 Å². The molecule has 1 saturated heterocycles. The Morgan fingerprint density at radius 2 is 2.20 bits per heavy atom. The van der Waals surface area contributed by atoms with Gasteiger partial charge in [-0.15, -0.1) is 0 Å². The summed E-state index contributed by atoms with van der Waals surface area (Å²) in [7, 11) is 4.27. The van der Waals surface area contributed by atoms with Gasteiger partial charge < -0.3 is 15.5 Å². The Bertz CT molecular complexity index is 515. The number of rotatable bonds is 3. The molecule has 2 heterocycles. The number of hydrogen-bond donors (Lipinski definition) is 1. The van der Waals surface area contributed by atoms with Gasteiger partial charge in [-0.25, -0.2) is 4.98 Å². The summed E-state index contributed by atoms with van der Waals surface area (Å²) in [6, 6.07) is 2.51. The molecular weight excluding hydrogens is 268 g/mol. The molecule has 2 rings (SSSR count). The van der Waals surface area contributed by atoms with Gasteiger partial charge in [0.25, 0.3) is 0 Å². The molecule has 5 heteroatoms. The van der Waals surface area contributed by atoms with Crippen molar-refractivity contribution < 1.29 is 0 Å². The van der Waals surface area contributed by atoms with E-state index in [4.69, 9.17) is 22.9 Å². The molecule has 2 N–H and O–H groups in total. The average Bonchev–Trinajstić information content (AvgIpc) is 2.36. The number of aromatic nitrogens is 1. The molecule has 0 amide bonds. The van der Waals surface area contributed by atoms with Crippen molar-refractivity contribution in [1.29, 1.82) is 0 Å². The zero-order valence-corrected chi connectivity index (χ0v) is 13.6. The largest absolute Gasteiger partial charge is 0.389 e. The van der Waals surface area contributed by atoms with Crippen molar-refractivity contribution >= 4 is 23.0 Å². The minimum atomic E-state index is 0.431. The van der Waals surface area contributed by atoms with Gasteiger partial charge in [0.05, 0.1) is 5.56 Å². The van der Waals surface area contributed by atoms with Gasteiger partial charge in [-0.3, -0.25) is 0 Å². The number of piperidine rings is 1. The number of nitrogens with two attached hydrogens (primary N) is 1. The lowest BCUT2D eigenvalue weighted by molar-refractivity contribution is 0.247. The van der Waals surface area contributed by atoms with Gasteiger partial charge in [0.1, 0.15) is 10.8 Å². The monoisotopic (exact) mass is 292 g/mol. The van der Waals surface area contributed by atoms with Crippen molar-refractivity contribution in [2.45, 2.75) is 32.7 Å². The van der Waals surface area contributed by atoms with Gasteiger partial charge in [-0.05, 0) is 51.9 Å². The molecule has 1 unspecified atom stereocenters. The Kier molecular flexibility index (Phi) is 4.60. The van der Waals surface area contributed by atoms with Crippen molar-refractivity contribution in [3.8, 4) is 0 Å². The molecule has 1 atom stereocenters. The molecule has 1 aliphatic rings. The van der Waals surface area contributed by atoms with Crippen LogP contribution < -0.4 is 10.6 Å². The topological polar surface area (TPSA) is 45.4 Å². The Morgan fingerprint density at radius 3 is 2.80 bits per heavy atom. The maximum absolute atomic E-state index is 5.91. The first-order valence-electron chi connectivity index (χ1n) is 7.09. The Labute approximate surface area is 127 Å². The molecule has 0 spiro atoms. The molecule has 4 nitrogen and oxygen atoms in total. The van der Waals surface area contributed by atoms with E-state index in [2.05, 4.69) is 23.9 Å². The Balaban J connectivity index is 2.37. The third-order valence-corrected chi connectivity index (χ3v) is 4.26. The highest BCUT2D eigenvalue weighted by Crippen LogP contribution is 2.26. The summed E-state index contributed by atoms with van der Waals surface area (Å²) in [6.45, 7) is 6.29. The molecule has 0 saturated carbocycles. The zero-order valence-electron chi connectivity index (χ0n) is 12.8. The highest BCUT2D eigenvalue weighted by molar-refractivity contribution is 7.80. The van der Waals surface area contributed by atoms with E-state index >= 15 is 0 Å². The summed E-state index contributed by atoms with van der Waals surface area (Å²) in [4.78, 5) is 9.75. The first kappa shape index (κ1) is 15.2. The molecule has 0 bridgehead atoms. The minimum Gasteiger partial charge on any atom is -0.389 e. The van der Waals surface area contributed by atoms with E-state index in [1.807, 2.05) is 19.9 Å². The third kappa shape index (κ3) is 3.10. The van der Waals surface area contributed by atoms with Crippen molar-refractivity contribution in [3.05, 3.63) is 22.9 Å². The van der Waals surface area contributed by atoms with E-state index in [1.54, 1.807) is 0 Å². The van der Waals surface area contributed by atoms with Crippen LogP contribution in [0, 0.1) is 13.8 Å². The van der Waals surface area contributed by atoms with Gasteiger partial charge >= 0.3 is 0 Å². The summed E-state index contributed by atoms with van der Waals surface area (Å²) in [6.07, 6.45) is 2.41. The molecule has 1 aromatic rings.